The summed E-state index contributed by atoms with van der Waals surface area (Å²) in [4.78, 5) is 0.177. The lowest BCUT2D eigenvalue weighted by atomic mass is 10.1. The SMILES string of the molecule is C=C(/C(C=N)=C/C=C\C)S(=O)(=O)c1cccc(CCC)c1. The highest BCUT2D eigenvalue weighted by molar-refractivity contribution is 7.95. The Labute approximate surface area is 127 Å². The van der Waals surface area contributed by atoms with Gasteiger partial charge in [-0.15, -0.1) is 0 Å². The molecule has 0 saturated heterocycles. The van der Waals surface area contributed by atoms with Crippen molar-refractivity contribution in [1.82, 2.24) is 0 Å². The van der Waals surface area contributed by atoms with E-state index in [-0.39, 0.29) is 15.4 Å². The highest BCUT2D eigenvalue weighted by atomic mass is 32.2. The number of hydrogen-bond donors (Lipinski definition) is 1. The molecule has 0 unspecified atom stereocenters. The third kappa shape index (κ3) is 4.26. The van der Waals surface area contributed by atoms with Gasteiger partial charge in [0.1, 0.15) is 0 Å². The molecule has 0 radical (unpaired) electrons. The minimum absolute atomic E-state index is 0.0516. The number of sulfone groups is 1. The number of aryl methyl sites for hydroxylation is 1. The van der Waals surface area contributed by atoms with Gasteiger partial charge < -0.3 is 5.41 Å². The molecule has 0 aliphatic heterocycles. The maximum Gasteiger partial charge on any atom is 0.206 e. The molecular formula is C17H21NO2S. The summed E-state index contributed by atoms with van der Waals surface area (Å²) in [5.41, 5.74) is 1.27. The first kappa shape index (κ1) is 17.1. The van der Waals surface area contributed by atoms with Crippen LogP contribution in [0.25, 0.3) is 0 Å². The average molecular weight is 303 g/mol. The van der Waals surface area contributed by atoms with Crippen molar-refractivity contribution in [3.63, 3.8) is 0 Å². The van der Waals surface area contributed by atoms with Gasteiger partial charge in [0.15, 0.2) is 0 Å². The molecule has 21 heavy (non-hydrogen) atoms. The molecule has 0 aliphatic rings. The van der Waals surface area contributed by atoms with Gasteiger partial charge in [-0.05, 0) is 31.0 Å². The Bertz CT molecular complexity index is 682. The fraction of sp³-hybridized carbons (Fsp3) is 0.235. The van der Waals surface area contributed by atoms with Gasteiger partial charge >= 0.3 is 0 Å². The van der Waals surface area contributed by atoms with E-state index in [0.717, 1.165) is 24.6 Å². The number of hydrogen-bond acceptors (Lipinski definition) is 3. The van der Waals surface area contributed by atoms with E-state index < -0.39 is 9.84 Å². The molecule has 112 valence electrons. The normalized spacial score (nSPS) is 12.6. The Kier molecular flexibility index (Phi) is 6.31. The van der Waals surface area contributed by atoms with E-state index in [2.05, 4.69) is 6.58 Å². The van der Waals surface area contributed by atoms with Gasteiger partial charge in [-0.1, -0.05) is 50.3 Å². The zero-order valence-corrected chi connectivity index (χ0v) is 13.3. The van der Waals surface area contributed by atoms with Crippen LogP contribution in [0.5, 0.6) is 0 Å². The van der Waals surface area contributed by atoms with Crippen LogP contribution in [0.3, 0.4) is 0 Å². The molecule has 0 spiro atoms. The van der Waals surface area contributed by atoms with Crippen LogP contribution in [0.4, 0.5) is 0 Å². The quantitative estimate of drug-likeness (QED) is 0.609. The molecule has 1 aromatic rings. The molecule has 1 N–H and O–H groups in total. The summed E-state index contributed by atoms with van der Waals surface area (Å²) in [6.07, 6.45) is 7.83. The second-order valence-corrected chi connectivity index (χ2v) is 6.59. The summed E-state index contributed by atoms with van der Waals surface area (Å²) >= 11 is 0. The highest BCUT2D eigenvalue weighted by Gasteiger charge is 2.21. The molecule has 0 amide bonds. The smallest absolute Gasteiger partial charge is 0.206 e. The summed E-state index contributed by atoms with van der Waals surface area (Å²) in [6, 6.07) is 6.90. The summed E-state index contributed by atoms with van der Waals surface area (Å²) in [5.74, 6) is 0. The van der Waals surface area contributed by atoms with Crippen molar-refractivity contribution in [1.29, 1.82) is 5.41 Å². The summed E-state index contributed by atoms with van der Waals surface area (Å²) in [7, 11) is -3.67. The number of benzene rings is 1. The van der Waals surface area contributed by atoms with E-state index in [1.165, 1.54) is 0 Å². The van der Waals surface area contributed by atoms with Crippen LogP contribution in [0, 0.1) is 5.41 Å². The van der Waals surface area contributed by atoms with E-state index in [1.807, 2.05) is 19.9 Å². The molecule has 0 aromatic heterocycles. The maximum atomic E-state index is 12.6. The first-order chi connectivity index (χ1) is 9.97. The fourth-order valence-electron chi connectivity index (χ4n) is 1.88. The Morgan fingerprint density at radius 1 is 1.38 bits per heavy atom. The monoisotopic (exact) mass is 303 g/mol. The molecule has 0 fully saturated rings. The Morgan fingerprint density at radius 3 is 2.67 bits per heavy atom. The van der Waals surface area contributed by atoms with Gasteiger partial charge in [-0.25, -0.2) is 8.42 Å². The Balaban J connectivity index is 3.24. The molecular weight excluding hydrogens is 282 g/mol. The molecule has 4 heteroatoms. The van der Waals surface area contributed by atoms with Gasteiger partial charge in [0.2, 0.25) is 9.84 Å². The molecule has 0 aliphatic carbocycles. The topological polar surface area (TPSA) is 58.0 Å². The molecule has 1 rings (SSSR count). The zero-order chi connectivity index (χ0) is 15.9. The number of nitrogens with one attached hydrogen (secondary N) is 1. The molecule has 0 bridgehead atoms. The zero-order valence-electron chi connectivity index (χ0n) is 12.5. The molecule has 0 saturated carbocycles. The molecule has 3 nitrogen and oxygen atoms in total. The Hall–Kier alpha value is -1.94. The minimum atomic E-state index is -3.67. The molecule has 1 aromatic carbocycles. The van der Waals surface area contributed by atoms with E-state index >= 15 is 0 Å². The summed E-state index contributed by atoms with van der Waals surface area (Å²) < 4.78 is 25.2. The third-order valence-corrected chi connectivity index (χ3v) is 4.78. The third-order valence-electron chi connectivity index (χ3n) is 3.02. The fourth-order valence-corrected chi connectivity index (χ4v) is 3.16. The standard InChI is InChI=1S/C17H21NO2S/c1-4-6-10-16(13-18)14(3)21(19,20)17-11-7-9-15(12-17)8-5-2/h4,6-7,9-13,18H,3,5,8H2,1-2H3/b6-4-,16-10+,18-13?. The predicted octanol–water partition coefficient (Wildman–Crippen LogP) is 4.08. The van der Waals surface area contributed by atoms with Crippen molar-refractivity contribution in [2.75, 3.05) is 0 Å². The lowest BCUT2D eigenvalue weighted by Gasteiger charge is -2.09. The van der Waals surface area contributed by atoms with Crippen LogP contribution in [-0.4, -0.2) is 14.6 Å². The van der Waals surface area contributed by atoms with Gasteiger partial charge in [0, 0.05) is 11.8 Å². The summed E-state index contributed by atoms with van der Waals surface area (Å²) in [6.45, 7) is 7.53. The minimum Gasteiger partial charge on any atom is -0.308 e. The lowest BCUT2D eigenvalue weighted by Crippen LogP contribution is -2.07. The largest absolute Gasteiger partial charge is 0.308 e. The van der Waals surface area contributed by atoms with Crippen LogP contribution in [0.2, 0.25) is 0 Å². The van der Waals surface area contributed by atoms with Crippen molar-refractivity contribution in [2.45, 2.75) is 31.6 Å². The van der Waals surface area contributed by atoms with E-state index in [1.54, 1.807) is 36.4 Å². The number of allylic oxidation sites excluding steroid dienone is 4. The Morgan fingerprint density at radius 2 is 2.10 bits per heavy atom. The highest BCUT2D eigenvalue weighted by Crippen LogP contribution is 2.24. The van der Waals surface area contributed by atoms with Crippen LogP contribution >= 0.6 is 0 Å². The first-order valence-electron chi connectivity index (χ1n) is 6.84. The molecule has 0 heterocycles. The lowest BCUT2D eigenvalue weighted by molar-refractivity contribution is 0.602. The van der Waals surface area contributed by atoms with Gasteiger partial charge in [-0.3, -0.25) is 0 Å². The van der Waals surface area contributed by atoms with E-state index in [0.29, 0.717) is 0 Å². The van der Waals surface area contributed by atoms with Crippen LogP contribution in [-0.2, 0) is 16.3 Å². The first-order valence-corrected chi connectivity index (χ1v) is 8.32. The van der Waals surface area contributed by atoms with Crippen LogP contribution in [0.15, 0.2) is 64.4 Å². The van der Waals surface area contributed by atoms with Gasteiger partial charge in [-0.2, -0.15) is 0 Å². The maximum absolute atomic E-state index is 12.6. The summed E-state index contributed by atoms with van der Waals surface area (Å²) in [5, 5.41) is 7.37. The van der Waals surface area contributed by atoms with Gasteiger partial charge in [0.05, 0.1) is 9.80 Å². The second-order valence-electron chi connectivity index (χ2n) is 4.62. The van der Waals surface area contributed by atoms with Crippen molar-refractivity contribution < 1.29 is 8.42 Å². The van der Waals surface area contributed by atoms with Crippen LogP contribution in [0.1, 0.15) is 25.8 Å². The van der Waals surface area contributed by atoms with Crippen molar-refractivity contribution in [3.05, 3.63) is 65.1 Å². The van der Waals surface area contributed by atoms with Crippen LogP contribution < -0.4 is 0 Å². The van der Waals surface area contributed by atoms with E-state index in [4.69, 9.17) is 5.41 Å². The van der Waals surface area contributed by atoms with Crippen molar-refractivity contribution >= 4 is 16.1 Å². The average Bonchev–Trinajstić information content (AvgIpc) is 2.48. The van der Waals surface area contributed by atoms with Crippen molar-refractivity contribution in [3.8, 4) is 0 Å². The van der Waals surface area contributed by atoms with Crippen molar-refractivity contribution in [2.24, 2.45) is 0 Å². The van der Waals surface area contributed by atoms with E-state index in [9.17, 15) is 8.42 Å². The second kappa shape index (κ2) is 7.74. The number of rotatable bonds is 7. The van der Waals surface area contributed by atoms with Gasteiger partial charge in [0.25, 0.3) is 0 Å². The predicted molar refractivity (Wildman–Crippen MR) is 88.4 cm³/mol. The molecule has 0 atom stereocenters.